The number of anilines is 1. The van der Waals surface area contributed by atoms with Gasteiger partial charge < -0.3 is 20.3 Å². The molecule has 0 fully saturated rings. The van der Waals surface area contributed by atoms with E-state index in [0.29, 0.717) is 11.3 Å². The summed E-state index contributed by atoms with van der Waals surface area (Å²) in [6.07, 6.45) is -7.78. The number of amides is 3. The number of likely N-dealkylation sites (N-methyl/N-ethyl adjacent to an activating group) is 1. The van der Waals surface area contributed by atoms with Crippen molar-refractivity contribution in [2.24, 2.45) is 0 Å². The van der Waals surface area contributed by atoms with Gasteiger partial charge in [-0.2, -0.15) is 0 Å². The number of alkyl halides is 4. The summed E-state index contributed by atoms with van der Waals surface area (Å²) >= 11 is 0. The number of hydrogen-bond donors (Lipinski definition) is 2. The molecule has 11 heteroatoms. The van der Waals surface area contributed by atoms with Crippen LogP contribution in [-0.4, -0.2) is 50.0 Å². The van der Waals surface area contributed by atoms with Gasteiger partial charge in [0.25, 0.3) is 11.8 Å². The topological polar surface area (TPSA) is 87.7 Å². The first-order valence-electron chi connectivity index (χ1n) is 10.4. The fraction of sp³-hybridized carbons (Fsp3) is 0.348. The smallest absolute Gasteiger partial charge is 0.407 e. The van der Waals surface area contributed by atoms with Gasteiger partial charge >= 0.3 is 18.4 Å². The fourth-order valence-corrected chi connectivity index (χ4v) is 3.53. The van der Waals surface area contributed by atoms with E-state index in [0.717, 1.165) is 11.1 Å². The molecule has 7 nitrogen and oxygen atoms in total. The number of fused-ring (bicyclic) bond motifs is 3. The number of ether oxygens (including phenoxy) is 1. The van der Waals surface area contributed by atoms with Crippen LogP contribution in [0.25, 0.3) is 11.1 Å². The molecule has 0 aromatic heterocycles. The maximum absolute atomic E-state index is 13.2. The van der Waals surface area contributed by atoms with E-state index in [-0.39, 0.29) is 0 Å². The normalized spacial score (nSPS) is 16.3. The van der Waals surface area contributed by atoms with Gasteiger partial charge in [-0.05, 0) is 24.1 Å². The van der Waals surface area contributed by atoms with E-state index < -0.39 is 55.4 Å². The van der Waals surface area contributed by atoms with E-state index in [9.17, 15) is 31.9 Å². The molecule has 1 heterocycles. The van der Waals surface area contributed by atoms with Crippen molar-refractivity contribution in [1.82, 2.24) is 10.6 Å². The minimum absolute atomic E-state index is 0.420. The van der Waals surface area contributed by atoms with Crippen LogP contribution < -0.4 is 15.5 Å². The van der Waals surface area contributed by atoms with Gasteiger partial charge in [-0.15, -0.1) is 0 Å². The monoisotopic (exact) mass is 481 g/mol. The molecule has 0 radical (unpaired) electrons. The van der Waals surface area contributed by atoms with E-state index in [2.05, 4.69) is 5.32 Å². The Morgan fingerprint density at radius 2 is 1.71 bits per heavy atom. The van der Waals surface area contributed by atoms with E-state index in [1.165, 1.54) is 11.8 Å². The number of para-hydroxylation sites is 1. The molecule has 1 aliphatic heterocycles. The second kappa shape index (κ2) is 10.1. The van der Waals surface area contributed by atoms with Crippen molar-refractivity contribution < 1.29 is 36.7 Å². The molecule has 0 saturated carbocycles. The lowest BCUT2D eigenvalue weighted by atomic mass is 9.95. The summed E-state index contributed by atoms with van der Waals surface area (Å²) in [6, 6.07) is 13.2. The van der Waals surface area contributed by atoms with E-state index in [1.54, 1.807) is 37.4 Å². The van der Waals surface area contributed by atoms with Crippen molar-refractivity contribution in [1.29, 1.82) is 0 Å². The van der Waals surface area contributed by atoms with Gasteiger partial charge in [0.1, 0.15) is 6.04 Å². The highest BCUT2D eigenvalue weighted by Crippen LogP contribution is 2.39. The van der Waals surface area contributed by atoms with Crippen LogP contribution in [0.3, 0.4) is 0 Å². The molecule has 3 amide bonds. The third kappa shape index (κ3) is 5.29. The minimum Gasteiger partial charge on any atom is -0.436 e. The number of hydrogen-bond acceptors (Lipinski definition) is 4. The van der Waals surface area contributed by atoms with Crippen LogP contribution in [0.15, 0.2) is 48.5 Å². The van der Waals surface area contributed by atoms with Gasteiger partial charge in [0.05, 0.1) is 5.69 Å². The molecular weight excluding hydrogens is 458 g/mol. The zero-order chi connectivity index (χ0) is 25.0. The summed E-state index contributed by atoms with van der Waals surface area (Å²) in [7, 11) is 1.58. The molecule has 2 aromatic rings. The average molecular weight is 481 g/mol. The zero-order valence-electron chi connectivity index (χ0n) is 18.4. The Bertz CT molecular complexity index is 1080. The first kappa shape index (κ1) is 25.0. The van der Waals surface area contributed by atoms with Gasteiger partial charge in [0, 0.05) is 25.6 Å². The first-order chi connectivity index (χ1) is 16.0. The van der Waals surface area contributed by atoms with Crippen LogP contribution in [0.5, 0.6) is 0 Å². The van der Waals surface area contributed by atoms with Gasteiger partial charge in [-0.25, -0.2) is 22.4 Å². The van der Waals surface area contributed by atoms with Crippen LogP contribution in [0.1, 0.15) is 24.9 Å². The van der Waals surface area contributed by atoms with E-state index in [4.69, 9.17) is 4.74 Å². The third-order valence-corrected chi connectivity index (χ3v) is 5.39. The number of rotatable bonds is 7. The molecule has 1 aliphatic rings. The Balaban J connectivity index is 1.69. The number of carbonyl (C=O) groups is 3. The number of halogens is 4. The lowest BCUT2D eigenvalue weighted by molar-refractivity contribution is -0.133. The Kier molecular flexibility index (Phi) is 7.43. The summed E-state index contributed by atoms with van der Waals surface area (Å²) in [5.74, 6) is -5.48. The molecule has 0 spiro atoms. The molecule has 2 aromatic carbocycles. The second-order valence-electron chi connectivity index (χ2n) is 7.73. The average Bonchev–Trinajstić information content (AvgIpc) is 2.88. The highest BCUT2D eigenvalue weighted by molar-refractivity contribution is 6.06. The van der Waals surface area contributed by atoms with Crippen LogP contribution in [0.2, 0.25) is 0 Å². The largest absolute Gasteiger partial charge is 0.436 e. The molecule has 182 valence electrons. The number of nitrogens with zero attached hydrogens (tertiary/aromatic N) is 1. The van der Waals surface area contributed by atoms with Crippen molar-refractivity contribution in [3.63, 3.8) is 0 Å². The molecular formula is C23H23F4N3O4. The number of nitrogens with one attached hydrogen (secondary N) is 2. The predicted molar refractivity (Wildman–Crippen MR) is 116 cm³/mol. The number of alkyl carbamates (subject to hydrolysis) is 1. The molecule has 34 heavy (non-hydrogen) atoms. The Labute approximate surface area is 193 Å². The zero-order valence-corrected chi connectivity index (χ0v) is 18.4. The van der Waals surface area contributed by atoms with E-state index >= 15 is 0 Å². The molecule has 0 aliphatic carbocycles. The summed E-state index contributed by atoms with van der Waals surface area (Å²) in [4.78, 5) is 39.1. The van der Waals surface area contributed by atoms with Gasteiger partial charge in [0.2, 0.25) is 0 Å². The Morgan fingerprint density at radius 3 is 2.38 bits per heavy atom. The van der Waals surface area contributed by atoms with Crippen molar-refractivity contribution in [2.45, 2.75) is 37.8 Å². The second-order valence-corrected chi connectivity index (χ2v) is 7.73. The maximum Gasteiger partial charge on any atom is 0.407 e. The van der Waals surface area contributed by atoms with Crippen molar-refractivity contribution >= 4 is 23.6 Å². The summed E-state index contributed by atoms with van der Waals surface area (Å²) in [6.45, 7) is 0.455. The maximum atomic E-state index is 13.2. The van der Waals surface area contributed by atoms with Crippen LogP contribution in [0, 0.1) is 0 Å². The molecule has 0 bridgehead atoms. The van der Waals surface area contributed by atoms with Gasteiger partial charge in [-0.1, -0.05) is 42.5 Å². The quantitative estimate of drug-likeness (QED) is 0.588. The molecule has 2 atom stereocenters. The van der Waals surface area contributed by atoms with Gasteiger partial charge in [-0.3, -0.25) is 9.59 Å². The van der Waals surface area contributed by atoms with Crippen molar-refractivity contribution in [2.75, 3.05) is 18.5 Å². The predicted octanol–water partition coefficient (Wildman–Crippen LogP) is 3.89. The number of benzene rings is 2. The highest BCUT2D eigenvalue weighted by atomic mass is 19.3. The van der Waals surface area contributed by atoms with Crippen LogP contribution in [0.4, 0.5) is 28.0 Å². The van der Waals surface area contributed by atoms with Crippen molar-refractivity contribution in [3.8, 4) is 11.1 Å². The lowest BCUT2D eigenvalue weighted by Gasteiger charge is -2.24. The summed E-state index contributed by atoms with van der Waals surface area (Å²) in [5, 5.41) is 4.48. The highest BCUT2D eigenvalue weighted by Gasteiger charge is 2.40. The lowest BCUT2D eigenvalue weighted by Crippen LogP contribution is -2.45. The molecule has 1 unspecified atom stereocenters. The fourth-order valence-electron chi connectivity index (χ4n) is 3.53. The molecule has 3 rings (SSSR count). The third-order valence-electron chi connectivity index (χ3n) is 5.39. The summed E-state index contributed by atoms with van der Waals surface area (Å²) < 4.78 is 55.1. The molecule has 0 saturated heterocycles. The van der Waals surface area contributed by atoms with Crippen LogP contribution >= 0.6 is 0 Å². The first-order valence-corrected chi connectivity index (χ1v) is 10.4. The minimum atomic E-state index is -4.26. The summed E-state index contributed by atoms with van der Waals surface area (Å²) in [5.41, 5.74) is 2.74. The van der Waals surface area contributed by atoms with Crippen molar-refractivity contribution in [3.05, 3.63) is 54.1 Å². The van der Waals surface area contributed by atoms with Gasteiger partial charge in [0.15, 0.2) is 6.10 Å². The van der Waals surface area contributed by atoms with Crippen LogP contribution in [-0.2, 0) is 14.3 Å². The standard InChI is InChI=1S/C23H23F4N3O4/c1-13(34-22(33)28-12-11-23(26,27)21(24)25)19(31)29-18-16-9-4-3-7-14(16)15-8-5-6-10-17(15)30(2)20(18)32/h3-10,13,18,21H,11-12H2,1-2H3,(H,28,33)(H,29,31)/t13-,18?/m1/s1. The Morgan fingerprint density at radius 1 is 1.09 bits per heavy atom. The van der Waals surface area contributed by atoms with E-state index in [1.807, 2.05) is 23.5 Å². The molecule has 2 N–H and O–H groups in total. The Hall–Kier alpha value is -3.63. The SMILES string of the molecule is C[C@@H](OC(=O)NCCC(F)(F)C(F)F)C(=O)NC1C(=O)N(C)c2ccccc2-c2ccccc21. The number of carbonyl (C=O) groups excluding carboxylic acids is 3.